The minimum absolute atomic E-state index is 0.0767. The molecule has 2 N–H and O–H groups in total. The molecule has 146 valence electrons. The number of hydrazone groups is 1. The first kappa shape index (κ1) is 21.2. The van der Waals surface area contributed by atoms with E-state index in [1.165, 1.54) is 24.3 Å². The fourth-order valence-corrected chi connectivity index (χ4v) is 2.51. The number of carbonyl (C=O) groups is 2. The Morgan fingerprint density at radius 3 is 2.29 bits per heavy atom. The predicted octanol–water partition coefficient (Wildman–Crippen LogP) is 3.41. The number of non-ortho nitro benzene ring substituents is 1. The Hall–Kier alpha value is -3.07. The van der Waals surface area contributed by atoms with Gasteiger partial charge in [-0.1, -0.05) is 28.1 Å². The summed E-state index contributed by atoms with van der Waals surface area (Å²) in [6, 6.07) is 12.9. The van der Waals surface area contributed by atoms with Gasteiger partial charge in [0.05, 0.1) is 10.6 Å². The summed E-state index contributed by atoms with van der Waals surface area (Å²) >= 11 is 3.36. The number of carbonyl (C=O) groups excluding carboxylic acids is 2. The largest absolute Gasteiger partial charge is 0.352 e. The number of nitrogens with zero attached hydrogens (tertiary/aromatic N) is 2. The maximum absolute atomic E-state index is 12.0. The Kier molecular flexibility index (Phi) is 7.82. The highest BCUT2D eigenvalue weighted by atomic mass is 79.9. The molecule has 0 aliphatic heterocycles. The summed E-state index contributed by atoms with van der Waals surface area (Å²) in [5, 5.41) is 17.3. The van der Waals surface area contributed by atoms with Gasteiger partial charge in [-0.15, -0.1) is 0 Å². The van der Waals surface area contributed by atoms with Crippen LogP contribution in [0.2, 0.25) is 0 Å². The van der Waals surface area contributed by atoms with Crippen molar-refractivity contribution in [2.75, 3.05) is 6.54 Å². The fraction of sp³-hybridized carbons (Fsp3) is 0.211. The molecule has 0 heterocycles. The van der Waals surface area contributed by atoms with Crippen LogP contribution in [0.1, 0.15) is 35.7 Å². The smallest absolute Gasteiger partial charge is 0.269 e. The number of nitro benzene ring substituents is 1. The van der Waals surface area contributed by atoms with Gasteiger partial charge in [-0.2, -0.15) is 5.10 Å². The Morgan fingerprint density at radius 2 is 1.68 bits per heavy atom. The van der Waals surface area contributed by atoms with Crippen molar-refractivity contribution >= 4 is 39.1 Å². The lowest BCUT2D eigenvalue weighted by molar-refractivity contribution is -0.384. The van der Waals surface area contributed by atoms with E-state index in [1.807, 2.05) is 24.3 Å². The van der Waals surface area contributed by atoms with Crippen molar-refractivity contribution in [3.63, 3.8) is 0 Å². The number of hydrogen-bond acceptors (Lipinski definition) is 5. The fourth-order valence-electron chi connectivity index (χ4n) is 2.25. The van der Waals surface area contributed by atoms with Crippen molar-refractivity contribution < 1.29 is 14.5 Å². The molecule has 0 aromatic heterocycles. The Morgan fingerprint density at radius 1 is 1.07 bits per heavy atom. The SMILES string of the molecule is CC(=NNC(=O)CCCNC(=O)c1ccc([N+](=O)[O-])cc1)c1ccc(Br)cc1. The predicted molar refractivity (Wildman–Crippen MR) is 109 cm³/mol. The van der Waals surface area contributed by atoms with E-state index in [2.05, 4.69) is 31.8 Å². The van der Waals surface area contributed by atoms with E-state index in [0.717, 1.165) is 10.0 Å². The topological polar surface area (TPSA) is 114 Å². The van der Waals surface area contributed by atoms with Gasteiger partial charge in [0.15, 0.2) is 0 Å². The molecule has 2 amide bonds. The quantitative estimate of drug-likeness (QED) is 0.279. The zero-order chi connectivity index (χ0) is 20.5. The molecule has 0 aliphatic carbocycles. The van der Waals surface area contributed by atoms with Gasteiger partial charge in [0, 0.05) is 35.1 Å². The Balaban J connectivity index is 1.71. The lowest BCUT2D eigenvalue weighted by Gasteiger charge is -2.05. The van der Waals surface area contributed by atoms with Crippen LogP contribution in [0.15, 0.2) is 58.1 Å². The number of halogens is 1. The highest BCUT2D eigenvalue weighted by molar-refractivity contribution is 9.10. The maximum atomic E-state index is 12.0. The molecule has 8 nitrogen and oxygen atoms in total. The summed E-state index contributed by atoms with van der Waals surface area (Å²) in [4.78, 5) is 33.9. The number of hydrogen-bond donors (Lipinski definition) is 2. The summed E-state index contributed by atoms with van der Waals surface area (Å²) in [6.45, 7) is 2.10. The van der Waals surface area contributed by atoms with Crippen LogP contribution in [0.4, 0.5) is 5.69 Å². The van der Waals surface area contributed by atoms with Gasteiger partial charge in [0.1, 0.15) is 0 Å². The van der Waals surface area contributed by atoms with Crippen LogP contribution in [-0.2, 0) is 4.79 Å². The summed E-state index contributed by atoms with van der Waals surface area (Å²) in [5.74, 6) is -0.597. The number of benzene rings is 2. The van der Waals surface area contributed by atoms with Crippen LogP contribution < -0.4 is 10.7 Å². The molecule has 2 rings (SSSR count). The maximum Gasteiger partial charge on any atom is 0.269 e. The highest BCUT2D eigenvalue weighted by Crippen LogP contribution is 2.12. The molecule has 0 aliphatic rings. The van der Waals surface area contributed by atoms with Gasteiger partial charge in [-0.25, -0.2) is 5.43 Å². The van der Waals surface area contributed by atoms with Crippen molar-refractivity contribution in [3.8, 4) is 0 Å². The van der Waals surface area contributed by atoms with Crippen LogP contribution in [-0.4, -0.2) is 29.0 Å². The van der Waals surface area contributed by atoms with E-state index in [4.69, 9.17) is 0 Å². The molecule has 9 heteroatoms. The Labute approximate surface area is 170 Å². The third-order valence-electron chi connectivity index (χ3n) is 3.82. The molecule has 0 spiro atoms. The van der Waals surface area contributed by atoms with Crippen molar-refractivity contribution in [1.82, 2.24) is 10.7 Å². The molecule has 2 aromatic carbocycles. The first-order chi connectivity index (χ1) is 13.4. The number of rotatable bonds is 8. The van der Waals surface area contributed by atoms with Gasteiger partial charge >= 0.3 is 0 Å². The lowest BCUT2D eigenvalue weighted by Crippen LogP contribution is -2.26. The van der Waals surface area contributed by atoms with E-state index < -0.39 is 4.92 Å². The van der Waals surface area contributed by atoms with Crippen LogP contribution in [0.25, 0.3) is 0 Å². The molecule has 2 aromatic rings. The van der Waals surface area contributed by atoms with E-state index in [0.29, 0.717) is 24.2 Å². The van der Waals surface area contributed by atoms with Crippen molar-refractivity contribution in [1.29, 1.82) is 0 Å². The van der Waals surface area contributed by atoms with E-state index in [9.17, 15) is 19.7 Å². The van der Waals surface area contributed by atoms with Crippen LogP contribution in [0, 0.1) is 10.1 Å². The molecule has 0 bridgehead atoms. The molecule has 0 atom stereocenters. The molecular weight excluding hydrogens is 428 g/mol. The van der Waals surface area contributed by atoms with Gasteiger partial charge < -0.3 is 5.32 Å². The monoisotopic (exact) mass is 446 g/mol. The summed E-state index contributed by atoms with van der Waals surface area (Å²) in [5.41, 5.74) is 4.33. The highest BCUT2D eigenvalue weighted by Gasteiger charge is 2.09. The van der Waals surface area contributed by atoms with E-state index in [-0.39, 0.29) is 23.9 Å². The minimum atomic E-state index is -0.527. The normalized spacial score (nSPS) is 11.0. The van der Waals surface area contributed by atoms with E-state index >= 15 is 0 Å². The number of nitrogens with one attached hydrogen (secondary N) is 2. The van der Waals surface area contributed by atoms with Crippen molar-refractivity contribution in [2.24, 2.45) is 5.10 Å². The third kappa shape index (κ3) is 6.58. The number of nitro groups is 1. The van der Waals surface area contributed by atoms with Gasteiger partial charge in [-0.05, 0) is 43.2 Å². The lowest BCUT2D eigenvalue weighted by atomic mass is 10.1. The second kappa shape index (κ2) is 10.3. The third-order valence-corrected chi connectivity index (χ3v) is 4.35. The molecule has 0 fully saturated rings. The zero-order valence-electron chi connectivity index (χ0n) is 15.1. The number of amides is 2. The molecule has 0 radical (unpaired) electrons. The van der Waals surface area contributed by atoms with Gasteiger partial charge in [-0.3, -0.25) is 19.7 Å². The molecule has 28 heavy (non-hydrogen) atoms. The van der Waals surface area contributed by atoms with Gasteiger partial charge in [0.2, 0.25) is 5.91 Å². The first-order valence-corrected chi connectivity index (χ1v) is 9.28. The van der Waals surface area contributed by atoms with Crippen molar-refractivity contribution in [2.45, 2.75) is 19.8 Å². The second-order valence-corrected chi connectivity index (χ2v) is 6.82. The average Bonchev–Trinajstić information content (AvgIpc) is 2.69. The first-order valence-electron chi connectivity index (χ1n) is 8.48. The van der Waals surface area contributed by atoms with Crippen LogP contribution >= 0.6 is 15.9 Å². The average molecular weight is 447 g/mol. The molecular formula is C19H19BrN4O4. The minimum Gasteiger partial charge on any atom is -0.352 e. The standard InChI is InChI=1S/C19H19BrN4O4/c1-13(14-4-8-16(20)9-5-14)22-23-18(25)3-2-12-21-19(26)15-6-10-17(11-7-15)24(27)28/h4-11H,2-3,12H2,1H3,(H,21,26)(H,23,25). The van der Waals surface area contributed by atoms with E-state index in [1.54, 1.807) is 6.92 Å². The van der Waals surface area contributed by atoms with Gasteiger partial charge in [0.25, 0.3) is 11.6 Å². The second-order valence-electron chi connectivity index (χ2n) is 5.90. The van der Waals surface area contributed by atoms with Crippen LogP contribution in [0.5, 0.6) is 0 Å². The zero-order valence-corrected chi connectivity index (χ0v) is 16.7. The molecule has 0 saturated carbocycles. The molecule has 0 saturated heterocycles. The Bertz CT molecular complexity index is 880. The van der Waals surface area contributed by atoms with Crippen LogP contribution in [0.3, 0.4) is 0 Å². The molecule has 0 unspecified atom stereocenters. The summed E-state index contributed by atoms with van der Waals surface area (Å²) in [7, 11) is 0. The summed E-state index contributed by atoms with van der Waals surface area (Å²) < 4.78 is 0.962. The summed E-state index contributed by atoms with van der Waals surface area (Å²) in [6.07, 6.45) is 0.648. The van der Waals surface area contributed by atoms with Crippen molar-refractivity contribution in [3.05, 3.63) is 74.2 Å².